The van der Waals surface area contributed by atoms with Gasteiger partial charge >= 0.3 is 0 Å². The molecule has 0 radical (unpaired) electrons. The van der Waals surface area contributed by atoms with Crippen molar-refractivity contribution in [2.75, 3.05) is 7.11 Å². The van der Waals surface area contributed by atoms with Gasteiger partial charge in [0.25, 0.3) is 0 Å². The van der Waals surface area contributed by atoms with Crippen LogP contribution < -0.4 is 9.47 Å². The second kappa shape index (κ2) is 5.19. The second-order valence-corrected chi connectivity index (χ2v) is 5.81. The molecular weight excluding hydrogens is 228 g/mol. The molecule has 0 saturated heterocycles. The molecule has 3 heteroatoms. The van der Waals surface area contributed by atoms with Crippen LogP contribution in [0.25, 0.3) is 0 Å². The molecule has 1 aliphatic carbocycles. The third-order valence-corrected chi connectivity index (χ3v) is 3.65. The molecule has 1 saturated carbocycles. The van der Waals surface area contributed by atoms with Crippen molar-refractivity contribution >= 4 is 0 Å². The first-order valence-corrected chi connectivity index (χ1v) is 6.49. The SMILES string of the molecule is COc1ccc(OC2CC(C)(C)CCC2O)cc1. The van der Waals surface area contributed by atoms with E-state index in [0.29, 0.717) is 0 Å². The fraction of sp³-hybridized carbons (Fsp3) is 0.600. The number of benzene rings is 1. The quantitative estimate of drug-likeness (QED) is 0.896. The lowest BCUT2D eigenvalue weighted by molar-refractivity contribution is -0.0304. The van der Waals surface area contributed by atoms with Crippen LogP contribution >= 0.6 is 0 Å². The summed E-state index contributed by atoms with van der Waals surface area (Å²) >= 11 is 0. The Morgan fingerprint density at radius 1 is 1.17 bits per heavy atom. The zero-order chi connectivity index (χ0) is 13.2. The lowest BCUT2D eigenvalue weighted by atomic mass is 9.75. The topological polar surface area (TPSA) is 38.7 Å². The van der Waals surface area contributed by atoms with Gasteiger partial charge in [-0.1, -0.05) is 13.8 Å². The van der Waals surface area contributed by atoms with Crippen molar-refractivity contribution in [3.05, 3.63) is 24.3 Å². The number of methoxy groups -OCH3 is 1. The molecule has 2 atom stereocenters. The molecule has 1 aromatic rings. The highest BCUT2D eigenvalue weighted by molar-refractivity contribution is 5.31. The maximum atomic E-state index is 10.0. The first-order chi connectivity index (χ1) is 8.50. The van der Waals surface area contributed by atoms with E-state index in [-0.39, 0.29) is 17.6 Å². The van der Waals surface area contributed by atoms with E-state index in [1.165, 1.54) is 0 Å². The molecule has 0 aliphatic heterocycles. The molecule has 0 spiro atoms. The van der Waals surface area contributed by atoms with E-state index < -0.39 is 0 Å². The summed E-state index contributed by atoms with van der Waals surface area (Å²) in [5.41, 5.74) is 0.246. The molecule has 0 amide bonds. The maximum Gasteiger partial charge on any atom is 0.125 e. The van der Waals surface area contributed by atoms with Crippen LogP contribution in [0.4, 0.5) is 0 Å². The molecule has 1 N–H and O–H groups in total. The van der Waals surface area contributed by atoms with Crippen molar-refractivity contribution in [1.82, 2.24) is 0 Å². The summed E-state index contributed by atoms with van der Waals surface area (Å²) < 4.78 is 11.0. The van der Waals surface area contributed by atoms with Gasteiger partial charge in [-0.05, 0) is 48.9 Å². The Morgan fingerprint density at radius 2 is 1.78 bits per heavy atom. The van der Waals surface area contributed by atoms with Gasteiger partial charge in [0.05, 0.1) is 13.2 Å². The zero-order valence-corrected chi connectivity index (χ0v) is 11.3. The van der Waals surface area contributed by atoms with Crippen molar-refractivity contribution in [1.29, 1.82) is 0 Å². The summed E-state index contributed by atoms with van der Waals surface area (Å²) in [7, 11) is 1.64. The highest BCUT2D eigenvalue weighted by Crippen LogP contribution is 2.37. The van der Waals surface area contributed by atoms with Gasteiger partial charge in [-0.2, -0.15) is 0 Å². The van der Waals surface area contributed by atoms with Crippen molar-refractivity contribution in [3.8, 4) is 11.5 Å². The molecule has 3 nitrogen and oxygen atoms in total. The molecule has 1 fully saturated rings. The van der Waals surface area contributed by atoms with Crippen LogP contribution in [0.3, 0.4) is 0 Å². The van der Waals surface area contributed by atoms with Gasteiger partial charge in [0.15, 0.2) is 0 Å². The number of hydrogen-bond donors (Lipinski definition) is 1. The second-order valence-electron chi connectivity index (χ2n) is 5.81. The van der Waals surface area contributed by atoms with Gasteiger partial charge in [-0.15, -0.1) is 0 Å². The minimum absolute atomic E-state index is 0.109. The van der Waals surface area contributed by atoms with Crippen molar-refractivity contribution in [3.63, 3.8) is 0 Å². The first-order valence-electron chi connectivity index (χ1n) is 6.49. The van der Waals surface area contributed by atoms with Crippen molar-refractivity contribution in [2.24, 2.45) is 5.41 Å². The van der Waals surface area contributed by atoms with Gasteiger partial charge in [-0.25, -0.2) is 0 Å². The Bertz CT molecular complexity index is 383. The van der Waals surface area contributed by atoms with E-state index in [1.54, 1.807) is 7.11 Å². The third kappa shape index (κ3) is 3.16. The van der Waals surface area contributed by atoms with Gasteiger partial charge < -0.3 is 14.6 Å². The van der Waals surface area contributed by atoms with Crippen LogP contribution in [0.15, 0.2) is 24.3 Å². The van der Waals surface area contributed by atoms with Crippen LogP contribution in [0.2, 0.25) is 0 Å². The Hall–Kier alpha value is -1.22. The minimum Gasteiger partial charge on any atom is -0.497 e. The Balaban J connectivity index is 2.02. The van der Waals surface area contributed by atoms with E-state index in [4.69, 9.17) is 9.47 Å². The molecular formula is C15H22O3. The summed E-state index contributed by atoms with van der Waals surface area (Å²) in [4.78, 5) is 0. The molecule has 1 aromatic carbocycles. The maximum absolute atomic E-state index is 10.0. The monoisotopic (exact) mass is 250 g/mol. The van der Waals surface area contributed by atoms with Gasteiger partial charge in [0, 0.05) is 0 Å². The van der Waals surface area contributed by atoms with Crippen LogP contribution in [-0.2, 0) is 0 Å². The number of ether oxygens (including phenoxy) is 2. The Kier molecular flexibility index (Phi) is 3.81. The molecule has 0 aromatic heterocycles. The van der Waals surface area contributed by atoms with Crippen molar-refractivity contribution in [2.45, 2.75) is 45.3 Å². The standard InChI is InChI=1S/C15H22O3/c1-15(2)9-8-13(16)14(10-15)18-12-6-4-11(17-3)5-7-12/h4-7,13-14,16H,8-10H2,1-3H3. The van der Waals surface area contributed by atoms with Crippen molar-refractivity contribution < 1.29 is 14.6 Å². The smallest absolute Gasteiger partial charge is 0.125 e. The number of aliphatic hydroxyl groups excluding tert-OH is 1. The van der Waals surface area contributed by atoms with Crippen LogP contribution in [0.5, 0.6) is 11.5 Å². The largest absolute Gasteiger partial charge is 0.497 e. The molecule has 2 unspecified atom stereocenters. The van der Waals surface area contributed by atoms with Crippen LogP contribution in [0, 0.1) is 5.41 Å². The van der Waals surface area contributed by atoms with Gasteiger partial charge in [-0.3, -0.25) is 0 Å². The van der Waals surface area contributed by atoms with E-state index >= 15 is 0 Å². The molecule has 0 heterocycles. The number of aliphatic hydroxyl groups is 1. The first kappa shape index (κ1) is 13.2. The molecule has 100 valence electrons. The van der Waals surface area contributed by atoms with E-state index in [0.717, 1.165) is 30.8 Å². The van der Waals surface area contributed by atoms with E-state index in [9.17, 15) is 5.11 Å². The van der Waals surface area contributed by atoms with E-state index in [1.807, 2.05) is 24.3 Å². The average molecular weight is 250 g/mol. The summed E-state index contributed by atoms with van der Waals surface area (Å²) in [6.45, 7) is 4.45. The fourth-order valence-corrected chi connectivity index (χ4v) is 2.46. The predicted molar refractivity (Wildman–Crippen MR) is 71.0 cm³/mol. The molecule has 18 heavy (non-hydrogen) atoms. The zero-order valence-electron chi connectivity index (χ0n) is 11.3. The van der Waals surface area contributed by atoms with Crippen LogP contribution in [0.1, 0.15) is 33.1 Å². The van der Waals surface area contributed by atoms with Gasteiger partial charge in [0.1, 0.15) is 17.6 Å². The predicted octanol–water partition coefficient (Wildman–Crippen LogP) is 3.01. The summed E-state index contributed by atoms with van der Waals surface area (Å²) in [6.07, 6.45) is 2.28. The van der Waals surface area contributed by atoms with Gasteiger partial charge in [0.2, 0.25) is 0 Å². The molecule has 2 rings (SSSR count). The highest BCUT2D eigenvalue weighted by atomic mass is 16.5. The normalized spacial score (nSPS) is 26.7. The minimum atomic E-state index is -0.361. The Morgan fingerprint density at radius 3 is 2.39 bits per heavy atom. The number of hydrogen-bond acceptors (Lipinski definition) is 3. The highest BCUT2D eigenvalue weighted by Gasteiger charge is 2.35. The van der Waals surface area contributed by atoms with Crippen LogP contribution in [-0.4, -0.2) is 24.4 Å². The molecule has 1 aliphatic rings. The lowest BCUT2D eigenvalue weighted by Crippen LogP contribution is -2.41. The van der Waals surface area contributed by atoms with E-state index in [2.05, 4.69) is 13.8 Å². The summed E-state index contributed by atoms with van der Waals surface area (Å²) in [5.74, 6) is 1.60. The molecule has 0 bridgehead atoms. The third-order valence-electron chi connectivity index (χ3n) is 3.65. The Labute approximate surface area is 109 Å². The lowest BCUT2D eigenvalue weighted by Gasteiger charge is -2.38. The average Bonchev–Trinajstić information content (AvgIpc) is 2.35. The fourth-order valence-electron chi connectivity index (χ4n) is 2.46. The number of rotatable bonds is 3. The summed E-state index contributed by atoms with van der Waals surface area (Å²) in [5, 5.41) is 10.0. The summed E-state index contributed by atoms with van der Waals surface area (Å²) in [6, 6.07) is 7.51.